The SMILES string of the molecule is COC(CNS(=O)(=O)Cc1ccc(F)cc1)C(=O)O. The fraction of sp³-hybridized carbons (Fsp3) is 0.364. The van der Waals surface area contributed by atoms with Crippen LogP contribution in [0.1, 0.15) is 5.56 Å². The molecule has 8 heteroatoms. The number of carbonyl (C=O) groups is 1. The van der Waals surface area contributed by atoms with E-state index in [-0.39, 0.29) is 12.3 Å². The van der Waals surface area contributed by atoms with Crippen LogP contribution in [0.5, 0.6) is 0 Å². The fourth-order valence-corrected chi connectivity index (χ4v) is 2.46. The van der Waals surface area contributed by atoms with Crippen molar-refractivity contribution in [3.05, 3.63) is 35.6 Å². The molecule has 1 unspecified atom stereocenters. The van der Waals surface area contributed by atoms with Crippen LogP contribution in [0.2, 0.25) is 0 Å². The molecule has 1 rings (SSSR count). The van der Waals surface area contributed by atoms with Gasteiger partial charge in [0.25, 0.3) is 0 Å². The quantitative estimate of drug-likeness (QED) is 0.756. The van der Waals surface area contributed by atoms with Crippen LogP contribution in [0.4, 0.5) is 4.39 Å². The maximum absolute atomic E-state index is 12.7. The zero-order valence-corrected chi connectivity index (χ0v) is 11.0. The Morgan fingerprint density at radius 3 is 2.47 bits per heavy atom. The Bertz CT molecular complexity index is 529. The van der Waals surface area contributed by atoms with Gasteiger partial charge in [0.1, 0.15) is 5.82 Å². The van der Waals surface area contributed by atoms with E-state index in [1.807, 2.05) is 0 Å². The molecule has 106 valence electrons. The number of sulfonamides is 1. The summed E-state index contributed by atoms with van der Waals surface area (Å²) in [6.45, 7) is -0.366. The maximum Gasteiger partial charge on any atom is 0.334 e. The first kappa shape index (κ1) is 15.5. The van der Waals surface area contributed by atoms with Gasteiger partial charge in [0.05, 0.1) is 5.75 Å². The molecular formula is C11H14FNO5S. The molecule has 1 aromatic carbocycles. The highest BCUT2D eigenvalue weighted by atomic mass is 32.2. The minimum atomic E-state index is -3.70. The van der Waals surface area contributed by atoms with Gasteiger partial charge in [-0.15, -0.1) is 0 Å². The molecule has 0 aliphatic carbocycles. The second-order valence-electron chi connectivity index (χ2n) is 3.80. The highest BCUT2D eigenvalue weighted by Gasteiger charge is 2.20. The number of carboxylic acid groups (broad SMARTS) is 1. The van der Waals surface area contributed by atoms with Crippen LogP contribution >= 0.6 is 0 Å². The van der Waals surface area contributed by atoms with E-state index in [1.165, 1.54) is 19.2 Å². The standard InChI is InChI=1S/C11H14FNO5S/c1-18-10(11(14)15)6-13-19(16,17)7-8-2-4-9(12)5-3-8/h2-5,10,13H,6-7H2,1H3,(H,14,15). The van der Waals surface area contributed by atoms with E-state index in [1.54, 1.807) is 0 Å². The molecule has 0 radical (unpaired) electrons. The van der Waals surface area contributed by atoms with Crippen LogP contribution in [0.15, 0.2) is 24.3 Å². The first-order chi connectivity index (χ1) is 8.84. The van der Waals surface area contributed by atoms with Gasteiger partial charge in [0, 0.05) is 13.7 Å². The Labute approximate surface area is 110 Å². The summed E-state index contributed by atoms with van der Waals surface area (Å²) in [6, 6.07) is 5.00. The number of aliphatic carboxylic acids is 1. The zero-order chi connectivity index (χ0) is 14.5. The van der Waals surface area contributed by atoms with Crippen molar-refractivity contribution in [3.63, 3.8) is 0 Å². The molecule has 6 nitrogen and oxygen atoms in total. The number of ether oxygens (including phenoxy) is 1. The third-order valence-corrected chi connectivity index (χ3v) is 3.64. The second kappa shape index (κ2) is 6.60. The largest absolute Gasteiger partial charge is 0.479 e. The summed E-state index contributed by atoms with van der Waals surface area (Å²) in [5.74, 6) is -2.07. The van der Waals surface area contributed by atoms with Gasteiger partial charge in [0.15, 0.2) is 6.10 Å². The van der Waals surface area contributed by atoms with Crippen LogP contribution in [0.3, 0.4) is 0 Å². The number of hydrogen-bond donors (Lipinski definition) is 2. The van der Waals surface area contributed by atoms with E-state index in [9.17, 15) is 17.6 Å². The lowest BCUT2D eigenvalue weighted by atomic mass is 10.2. The van der Waals surface area contributed by atoms with Gasteiger partial charge in [-0.25, -0.2) is 22.3 Å². The van der Waals surface area contributed by atoms with Crippen molar-refractivity contribution in [2.24, 2.45) is 0 Å². The van der Waals surface area contributed by atoms with E-state index in [4.69, 9.17) is 5.11 Å². The van der Waals surface area contributed by atoms with Crippen molar-refractivity contribution < 1.29 is 27.4 Å². The minimum Gasteiger partial charge on any atom is -0.479 e. The molecule has 0 fully saturated rings. The Balaban J connectivity index is 2.61. The molecule has 0 bridgehead atoms. The molecule has 0 aliphatic rings. The maximum atomic E-state index is 12.7. The third-order valence-electron chi connectivity index (χ3n) is 2.32. The number of rotatable bonds is 7. The van der Waals surface area contributed by atoms with Gasteiger partial charge in [-0.05, 0) is 17.7 Å². The fourth-order valence-electron chi connectivity index (χ4n) is 1.33. The molecule has 19 heavy (non-hydrogen) atoms. The summed E-state index contributed by atoms with van der Waals surface area (Å²) in [6.07, 6.45) is -1.25. The summed E-state index contributed by atoms with van der Waals surface area (Å²) >= 11 is 0. The molecule has 0 saturated carbocycles. The van der Waals surface area contributed by atoms with E-state index in [0.29, 0.717) is 5.56 Å². The average molecular weight is 291 g/mol. The predicted molar refractivity (Wildman–Crippen MR) is 65.5 cm³/mol. The Morgan fingerprint density at radius 2 is 2.00 bits per heavy atom. The van der Waals surface area contributed by atoms with Crippen LogP contribution in [0, 0.1) is 5.82 Å². The van der Waals surface area contributed by atoms with Crippen molar-refractivity contribution in [1.29, 1.82) is 0 Å². The number of hydrogen-bond acceptors (Lipinski definition) is 4. The van der Waals surface area contributed by atoms with E-state index < -0.39 is 27.9 Å². The number of methoxy groups -OCH3 is 1. The second-order valence-corrected chi connectivity index (χ2v) is 5.60. The van der Waals surface area contributed by atoms with Crippen molar-refractivity contribution >= 4 is 16.0 Å². The number of halogens is 1. The topological polar surface area (TPSA) is 92.7 Å². The summed E-state index contributed by atoms with van der Waals surface area (Å²) in [7, 11) is -2.53. The molecule has 0 amide bonds. The highest BCUT2D eigenvalue weighted by molar-refractivity contribution is 7.88. The monoisotopic (exact) mass is 291 g/mol. The van der Waals surface area contributed by atoms with Crippen LogP contribution < -0.4 is 4.72 Å². The van der Waals surface area contributed by atoms with Crippen LogP contribution in [-0.2, 0) is 25.3 Å². The van der Waals surface area contributed by atoms with Gasteiger partial charge in [-0.3, -0.25) is 0 Å². The van der Waals surface area contributed by atoms with Gasteiger partial charge in [0.2, 0.25) is 10.0 Å². The minimum absolute atomic E-state index is 0.358. The number of carboxylic acids is 1. The molecule has 0 saturated heterocycles. The normalized spacial score (nSPS) is 13.2. The smallest absolute Gasteiger partial charge is 0.334 e. The van der Waals surface area contributed by atoms with Crippen molar-refractivity contribution in [1.82, 2.24) is 4.72 Å². The van der Waals surface area contributed by atoms with Gasteiger partial charge in [-0.1, -0.05) is 12.1 Å². The highest BCUT2D eigenvalue weighted by Crippen LogP contribution is 2.06. The molecular weight excluding hydrogens is 277 g/mol. The third kappa shape index (κ3) is 5.33. The van der Waals surface area contributed by atoms with Crippen molar-refractivity contribution in [2.45, 2.75) is 11.9 Å². The Morgan fingerprint density at radius 1 is 1.42 bits per heavy atom. The summed E-state index contributed by atoms with van der Waals surface area (Å²) in [4.78, 5) is 10.6. The molecule has 1 aromatic rings. The number of benzene rings is 1. The molecule has 1 atom stereocenters. The molecule has 0 aliphatic heterocycles. The zero-order valence-electron chi connectivity index (χ0n) is 10.2. The summed E-state index contributed by atoms with van der Waals surface area (Å²) in [5, 5.41) is 8.69. The molecule has 0 heterocycles. The Hall–Kier alpha value is -1.51. The van der Waals surface area contributed by atoms with E-state index in [2.05, 4.69) is 9.46 Å². The molecule has 2 N–H and O–H groups in total. The first-order valence-corrected chi connectivity index (χ1v) is 6.96. The van der Waals surface area contributed by atoms with E-state index in [0.717, 1.165) is 12.1 Å². The van der Waals surface area contributed by atoms with Crippen molar-refractivity contribution in [2.75, 3.05) is 13.7 Å². The Kier molecular flexibility index (Phi) is 5.40. The average Bonchev–Trinajstić information content (AvgIpc) is 2.32. The van der Waals surface area contributed by atoms with E-state index >= 15 is 0 Å². The summed E-state index contributed by atoms with van der Waals surface area (Å²) < 4.78 is 42.7. The van der Waals surface area contributed by atoms with Crippen molar-refractivity contribution in [3.8, 4) is 0 Å². The predicted octanol–water partition coefficient (Wildman–Crippen LogP) is 0.345. The molecule has 0 aromatic heterocycles. The lowest BCUT2D eigenvalue weighted by Crippen LogP contribution is -2.38. The van der Waals surface area contributed by atoms with Crippen LogP contribution in [0.25, 0.3) is 0 Å². The first-order valence-electron chi connectivity index (χ1n) is 5.31. The lowest BCUT2D eigenvalue weighted by Gasteiger charge is -2.12. The van der Waals surface area contributed by atoms with Crippen LogP contribution in [-0.4, -0.2) is 39.3 Å². The lowest BCUT2D eigenvalue weighted by molar-refractivity contribution is -0.147. The van der Waals surface area contributed by atoms with Gasteiger partial charge >= 0.3 is 5.97 Å². The number of nitrogens with one attached hydrogen (secondary N) is 1. The van der Waals surface area contributed by atoms with Gasteiger partial charge < -0.3 is 9.84 Å². The molecule has 0 spiro atoms. The van der Waals surface area contributed by atoms with Gasteiger partial charge in [-0.2, -0.15) is 0 Å². The summed E-state index contributed by atoms with van der Waals surface area (Å²) in [5.41, 5.74) is 0.401.